The summed E-state index contributed by atoms with van der Waals surface area (Å²) in [5, 5.41) is 6.55. The van der Waals surface area contributed by atoms with Crippen molar-refractivity contribution in [1.29, 1.82) is 0 Å². The Kier molecular flexibility index (Phi) is 4.75. The molecule has 0 bridgehead atoms. The van der Waals surface area contributed by atoms with Crippen molar-refractivity contribution < 1.29 is 18.0 Å². The van der Waals surface area contributed by atoms with E-state index in [9.17, 15) is 18.0 Å². The number of alkyl halides is 3. The van der Waals surface area contributed by atoms with Crippen molar-refractivity contribution in [1.82, 2.24) is 15.1 Å². The highest BCUT2D eigenvalue weighted by molar-refractivity contribution is 5.76. The van der Waals surface area contributed by atoms with Crippen LogP contribution in [0.3, 0.4) is 0 Å². The predicted octanol–water partition coefficient (Wildman–Crippen LogP) is 2.33. The third kappa shape index (κ3) is 4.38. The lowest BCUT2D eigenvalue weighted by atomic mass is 10.1. The van der Waals surface area contributed by atoms with Crippen LogP contribution in [0.4, 0.5) is 13.2 Å². The molecule has 0 spiro atoms. The van der Waals surface area contributed by atoms with E-state index in [4.69, 9.17) is 0 Å². The quantitative estimate of drug-likeness (QED) is 0.886. The van der Waals surface area contributed by atoms with Gasteiger partial charge in [-0.05, 0) is 12.5 Å². The highest BCUT2D eigenvalue weighted by Gasteiger charge is 2.28. The van der Waals surface area contributed by atoms with Crippen LogP contribution in [0.2, 0.25) is 0 Å². The molecule has 1 heterocycles. The van der Waals surface area contributed by atoms with E-state index in [1.54, 1.807) is 24.0 Å². The van der Waals surface area contributed by atoms with E-state index in [1.165, 1.54) is 0 Å². The van der Waals surface area contributed by atoms with E-state index >= 15 is 0 Å². The van der Waals surface area contributed by atoms with Crippen molar-refractivity contribution in [3.63, 3.8) is 0 Å². The van der Waals surface area contributed by atoms with Crippen LogP contribution in [0.15, 0.2) is 12.3 Å². The van der Waals surface area contributed by atoms with Gasteiger partial charge >= 0.3 is 6.18 Å². The molecule has 0 aliphatic carbocycles. The molecule has 1 N–H and O–H groups in total. The van der Waals surface area contributed by atoms with Gasteiger partial charge in [-0.2, -0.15) is 18.3 Å². The Labute approximate surface area is 103 Å². The molecule has 0 radical (unpaired) electrons. The molecule has 0 aliphatic rings. The predicted molar refractivity (Wildman–Crippen MR) is 59.7 cm³/mol. The summed E-state index contributed by atoms with van der Waals surface area (Å²) in [6, 6.07) is 1.43. The molecule has 4 nitrogen and oxygen atoms in total. The Balaban J connectivity index is 2.54. The summed E-state index contributed by atoms with van der Waals surface area (Å²) >= 11 is 0. The van der Waals surface area contributed by atoms with E-state index < -0.39 is 24.9 Å². The van der Waals surface area contributed by atoms with Gasteiger partial charge in [0.2, 0.25) is 5.91 Å². The Morgan fingerprint density at radius 2 is 2.22 bits per heavy atom. The van der Waals surface area contributed by atoms with Crippen LogP contribution in [-0.4, -0.2) is 21.9 Å². The first-order valence-corrected chi connectivity index (χ1v) is 5.67. The smallest absolute Gasteiger partial charge is 0.348 e. The van der Waals surface area contributed by atoms with Gasteiger partial charge in [-0.25, -0.2) is 0 Å². The van der Waals surface area contributed by atoms with E-state index in [0.29, 0.717) is 6.42 Å². The molecule has 18 heavy (non-hydrogen) atoms. The lowest BCUT2D eigenvalue weighted by molar-refractivity contribution is -0.144. The molecular formula is C11H16F3N3O. The second-order valence-electron chi connectivity index (χ2n) is 4.02. The van der Waals surface area contributed by atoms with Crippen molar-refractivity contribution in [3.8, 4) is 0 Å². The topological polar surface area (TPSA) is 46.9 Å². The molecule has 0 saturated heterocycles. The summed E-state index contributed by atoms with van der Waals surface area (Å²) in [4.78, 5) is 11.4. The van der Waals surface area contributed by atoms with E-state index in [0.717, 1.165) is 5.69 Å². The fourth-order valence-electron chi connectivity index (χ4n) is 1.63. The number of nitrogens with one attached hydrogen (secondary N) is 1. The molecule has 1 rings (SSSR count). The maximum Gasteiger partial charge on any atom is 0.389 e. The van der Waals surface area contributed by atoms with Crippen LogP contribution < -0.4 is 5.32 Å². The lowest BCUT2D eigenvalue weighted by Crippen LogP contribution is -2.30. The highest BCUT2D eigenvalue weighted by Crippen LogP contribution is 2.22. The van der Waals surface area contributed by atoms with Crippen LogP contribution in [0.5, 0.6) is 0 Å². The summed E-state index contributed by atoms with van der Waals surface area (Å²) in [6.07, 6.45) is -3.76. The third-order valence-electron chi connectivity index (χ3n) is 2.59. The largest absolute Gasteiger partial charge is 0.389 e. The Bertz CT molecular complexity index is 400. The van der Waals surface area contributed by atoms with Gasteiger partial charge in [0.15, 0.2) is 0 Å². The summed E-state index contributed by atoms with van der Waals surface area (Å²) < 4.78 is 37.5. The van der Waals surface area contributed by atoms with Crippen molar-refractivity contribution in [3.05, 3.63) is 18.0 Å². The first-order chi connectivity index (χ1) is 8.33. The average Bonchev–Trinajstić information content (AvgIpc) is 2.68. The van der Waals surface area contributed by atoms with Crippen molar-refractivity contribution >= 4 is 5.91 Å². The zero-order valence-corrected chi connectivity index (χ0v) is 10.3. The van der Waals surface area contributed by atoms with Gasteiger partial charge in [0.1, 0.15) is 0 Å². The molecule has 0 aliphatic heterocycles. The van der Waals surface area contributed by atoms with Gasteiger partial charge in [0.05, 0.1) is 18.2 Å². The van der Waals surface area contributed by atoms with Gasteiger partial charge in [-0.1, -0.05) is 6.92 Å². The molecular weight excluding hydrogens is 247 g/mol. The molecule has 7 heteroatoms. The summed E-state index contributed by atoms with van der Waals surface area (Å²) in [6.45, 7) is 1.85. The van der Waals surface area contributed by atoms with Gasteiger partial charge in [-0.3, -0.25) is 9.48 Å². The van der Waals surface area contributed by atoms with Crippen LogP contribution in [0, 0.1) is 0 Å². The van der Waals surface area contributed by atoms with Gasteiger partial charge < -0.3 is 5.32 Å². The molecule has 1 atom stereocenters. The number of halogens is 3. The number of carbonyl (C=O) groups is 1. The molecule has 1 aromatic rings. The van der Waals surface area contributed by atoms with Crippen molar-refractivity contribution in [2.75, 3.05) is 0 Å². The number of hydrogen-bond donors (Lipinski definition) is 1. The molecule has 1 aromatic heterocycles. The lowest BCUT2D eigenvalue weighted by Gasteiger charge is -2.17. The third-order valence-corrected chi connectivity index (χ3v) is 2.59. The Morgan fingerprint density at radius 1 is 1.56 bits per heavy atom. The van der Waals surface area contributed by atoms with E-state index in [-0.39, 0.29) is 6.04 Å². The Morgan fingerprint density at radius 3 is 2.67 bits per heavy atom. The number of nitrogens with zero attached hydrogens (tertiary/aromatic N) is 2. The fourth-order valence-corrected chi connectivity index (χ4v) is 1.63. The molecule has 1 amide bonds. The zero-order chi connectivity index (χ0) is 13.8. The second-order valence-corrected chi connectivity index (χ2v) is 4.02. The minimum atomic E-state index is -4.30. The van der Waals surface area contributed by atoms with Crippen LogP contribution >= 0.6 is 0 Å². The van der Waals surface area contributed by atoms with Gasteiger partial charge in [0, 0.05) is 19.7 Å². The number of amides is 1. The highest BCUT2D eigenvalue weighted by atomic mass is 19.4. The van der Waals surface area contributed by atoms with Crippen molar-refractivity contribution in [2.24, 2.45) is 7.05 Å². The van der Waals surface area contributed by atoms with Crippen LogP contribution in [-0.2, 0) is 11.8 Å². The maximum absolute atomic E-state index is 12.0. The minimum absolute atomic E-state index is 0.307. The number of hydrogen-bond acceptors (Lipinski definition) is 2. The molecule has 0 aromatic carbocycles. The standard InChI is InChI=1S/C11H16F3N3O/c1-3-8(9-5-7-15-17(9)2)16-10(18)4-6-11(12,13)14/h5,7-8H,3-4,6H2,1-2H3,(H,16,18)/t8-/m0/s1. The summed E-state index contributed by atoms with van der Waals surface area (Å²) in [5.74, 6) is -0.597. The van der Waals surface area contributed by atoms with Crippen LogP contribution in [0.25, 0.3) is 0 Å². The van der Waals surface area contributed by atoms with E-state index in [1.807, 2.05) is 6.92 Å². The summed E-state index contributed by atoms with van der Waals surface area (Å²) in [7, 11) is 1.72. The zero-order valence-electron chi connectivity index (χ0n) is 10.3. The molecule has 0 saturated carbocycles. The minimum Gasteiger partial charge on any atom is -0.348 e. The molecule has 102 valence electrons. The van der Waals surface area contributed by atoms with E-state index in [2.05, 4.69) is 10.4 Å². The normalized spacial score (nSPS) is 13.4. The number of rotatable bonds is 5. The maximum atomic E-state index is 12.0. The Hall–Kier alpha value is -1.53. The summed E-state index contributed by atoms with van der Waals surface area (Å²) in [5.41, 5.74) is 0.776. The SMILES string of the molecule is CC[C@H](NC(=O)CCC(F)(F)F)c1ccnn1C. The number of aryl methyl sites for hydroxylation is 1. The van der Waals surface area contributed by atoms with Gasteiger partial charge in [0.25, 0.3) is 0 Å². The first kappa shape index (κ1) is 14.5. The average molecular weight is 263 g/mol. The second kappa shape index (κ2) is 5.88. The number of aromatic nitrogens is 2. The molecule has 0 unspecified atom stereocenters. The molecule has 0 fully saturated rings. The number of carbonyl (C=O) groups excluding carboxylic acids is 1. The monoisotopic (exact) mass is 263 g/mol. The van der Waals surface area contributed by atoms with Gasteiger partial charge in [-0.15, -0.1) is 0 Å². The first-order valence-electron chi connectivity index (χ1n) is 5.67. The van der Waals surface area contributed by atoms with Crippen LogP contribution in [0.1, 0.15) is 37.9 Å². The fraction of sp³-hybridized carbons (Fsp3) is 0.636. The van der Waals surface area contributed by atoms with Crippen molar-refractivity contribution in [2.45, 2.75) is 38.4 Å².